The number of thiazole rings is 1. The summed E-state index contributed by atoms with van der Waals surface area (Å²) < 4.78 is 8.77. The monoisotopic (exact) mass is 534 g/mol. The lowest BCUT2D eigenvalue weighted by Crippen LogP contribution is -2.28. The van der Waals surface area contributed by atoms with E-state index in [-0.39, 0.29) is 0 Å². The van der Waals surface area contributed by atoms with Crippen LogP contribution in [-0.4, -0.2) is 36.4 Å². The Balaban J connectivity index is 1.78. The zero-order valence-electron chi connectivity index (χ0n) is 21.5. The summed E-state index contributed by atoms with van der Waals surface area (Å²) in [6.45, 7) is 9.40. The standard InChI is InChI=1S/C28H27ClN4O3S/c1-14-13-19-25(37-26(31-19)18-11-12-20-23(30-18)15(2)32-33(20)6)22(16-7-9-17(29)10-8-16)21(14)24(27(34)35)36-28(3,4)5/h7-13,24H,1-6H3,(H,34,35). The lowest BCUT2D eigenvalue weighted by molar-refractivity contribution is -0.160. The first-order valence-corrected chi connectivity index (χ1v) is 13.0. The number of benzene rings is 2. The van der Waals surface area contributed by atoms with Gasteiger partial charge in [0.15, 0.2) is 6.10 Å². The molecule has 0 saturated carbocycles. The zero-order chi connectivity index (χ0) is 26.6. The number of carboxylic acid groups (broad SMARTS) is 1. The fourth-order valence-corrected chi connectivity index (χ4v) is 5.79. The van der Waals surface area contributed by atoms with E-state index in [1.165, 1.54) is 11.3 Å². The van der Waals surface area contributed by atoms with Crippen molar-refractivity contribution < 1.29 is 14.6 Å². The molecule has 1 unspecified atom stereocenters. The molecule has 0 bridgehead atoms. The van der Waals surface area contributed by atoms with Gasteiger partial charge in [0.25, 0.3) is 0 Å². The van der Waals surface area contributed by atoms with Crippen molar-refractivity contribution in [1.82, 2.24) is 19.7 Å². The van der Waals surface area contributed by atoms with Gasteiger partial charge in [-0.1, -0.05) is 23.7 Å². The van der Waals surface area contributed by atoms with E-state index < -0.39 is 17.7 Å². The topological polar surface area (TPSA) is 90.1 Å². The number of hydrogen-bond acceptors (Lipinski definition) is 6. The summed E-state index contributed by atoms with van der Waals surface area (Å²) in [5.74, 6) is -1.04. The lowest BCUT2D eigenvalue weighted by Gasteiger charge is -2.28. The number of aliphatic carboxylic acids is 1. The van der Waals surface area contributed by atoms with Gasteiger partial charge in [-0.05, 0) is 76.1 Å². The average Bonchev–Trinajstić information content (AvgIpc) is 3.37. The molecule has 7 nitrogen and oxygen atoms in total. The highest BCUT2D eigenvalue weighted by molar-refractivity contribution is 7.22. The van der Waals surface area contributed by atoms with Crippen LogP contribution in [0.4, 0.5) is 0 Å². The molecule has 0 radical (unpaired) electrons. The van der Waals surface area contributed by atoms with E-state index in [1.807, 2.05) is 76.7 Å². The molecule has 190 valence electrons. The van der Waals surface area contributed by atoms with E-state index in [4.69, 9.17) is 26.3 Å². The van der Waals surface area contributed by atoms with Gasteiger partial charge in [0.05, 0.1) is 32.7 Å². The van der Waals surface area contributed by atoms with Crippen LogP contribution in [0.5, 0.6) is 0 Å². The predicted octanol–water partition coefficient (Wildman–Crippen LogP) is 7.12. The normalized spacial score (nSPS) is 12.9. The van der Waals surface area contributed by atoms with Gasteiger partial charge >= 0.3 is 5.97 Å². The van der Waals surface area contributed by atoms with Gasteiger partial charge in [-0.25, -0.2) is 14.8 Å². The number of aryl methyl sites for hydroxylation is 3. The van der Waals surface area contributed by atoms with Gasteiger partial charge in [-0.3, -0.25) is 4.68 Å². The highest BCUT2D eigenvalue weighted by Crippen LogP contribution is 2.44. The Morgan fingerprint density at radius 1 is 1.11 bits per heavy atom. The summed E-state index contributed by atoms with van der Waals surface area (Å²) in [5.41, 5.74) is 6.51. The highest BCUT2D eigenvalue weighted by atomic mass is 35.5. The summed E-state index contributed by atoms with van der Waals surface area (Å²) in [5, 5.41) is 16.1. The molecule has 0 aliphatic rings. The number of carbonyl (C=O) groups is 1. The van der Waals surface area contributed by atoms with E-state index in [0.717, 1.165) is 54.3 Å². The third-order valence-corrected chi connectivity index (χ3v) is 7.47. The van der Waals surface area contributed by atoms with E-state index in [1.54, 1.807) is 12.1 Å². The van der Waals surface area contributed by atoms with Crippen molar-refractivity contribution in [2.24, 2.45) is 7.05 Å². The molecule has 0 amide bonds. The predicted molar refractivity (Wildman–Crippen MR) is 148 cm³/mol. The second-order valence-corrected chi connectivity index (χ2v) is 11.5. The molecule has 1 N–H and O–H groups in total. The van der Waals surface area contributed by atoms with Gasteiger partial charge in [0, 0.05) is 23.2 Å². The van der Waals surface area contributed by atoms with Gasteiger partial charge in [0.2, 0.25) is 0 Å². The first-order chi connectivity index (χ1) is 17.4. The number of carboxylic acids is 1. The minimum Gasteiger partial charge on any atom is -0.479 e. The summed E-state index contributed by atoms with van der Waals surface area (Å²) >= 11 is 7.68. The Bertz CT molecular complexity index is 1670. The van der Waals surface area contributed by atoms with Gasteiger partial charge < -0.3 is 9.84 Å². The van der Waals surface area contributed by atoms with Crippen LogP contribution < -0.4 is 0 Å². The molecule has 0 fully saturated rings. The first kappa shape index (κ1) is 25.3. The van der Waals surface area contributed by atoms with Crippen molar-refractivity contribution in [3.8, 4) is 21.8 Å². The van der Waals surface area contributed by atoms with E-state index in [2.05, 4.69) is 5.10 Å². The van der Waals surface area contributed by atoms with E-state index in [9.17, 15) is 9.90 Å². The Morgan fingerprint density at radius 3 is 2.46 bits per heavy atom. The second kappa shape index (κ2) is 9.20. The fourth-order valence-electron chi connectivity index (χ4n) is 4.57. The molecule has 0 aliphatic heterocycles. The largest absolute Gasteiger partial charge is 0.479 e. The minimum atomic E-state index is -1.16. The van der Waals surface area contributed by atoms with Crippen molar-refractivity contribution in [3.05, 3.63) is 64.3 Å². The molecule has 3 heterocycles. The molecular formula is C28H27ClN4O3S. The molecule has 0 saturated heterocycles. The van der Waals surface area contributed by atoms with Crippen LogP contribution in [0.2, 0.25) is 5.02 Å². The average molecular weight is 535 g/mol. The van der Waals surface area contributed by atoms with Crippen LogP contribution in [0, 0.1) is 13.8 Å². The van der Waals surface area contributed by atoms with Crippen molar-refractivity contribution in [1.29, 1.82) is 0 Å². The maximum absolute atomic E-state index is 12.5. The summed E-state index contributed by atoms with van der Waals surface area (Å²) in [4.78, 5) is 22.3. The quantitative estimate of drug-likeness (QED) is 0.258. The van der Waals surface area contributed by atoms with Gasteiger partial charge in [-0.15, -0.1) is 11.3 Å². The van der Waals surface area contributed by atoms with Crippen LogP contribution >= 0.6 is 22.9 Å². The van der Waals surface area contributed by atoms with Crippen molar-refractivity contribution in [3.63, 3.8) is 0 Å². The summed E-state index contributed by atoms with van der Waals surface area (Å²) in [6.07, 6.45) is -1.16. The molecule has 3 aromatic heterocycles. The molecule has 37 heavy (non-hydrogen) atoms. The van der Waals surface area contributed by atoms with Crippen LogP contribution in [0.15, 0.2) is 42.5 Å². The van der Waals surface area contributed by atoms with Crippen molar-refractivity contribution >= 4 is 50.2 Å². The number of hydrogen-bond donors (Lipinski definition) is 1. The molecule has 5 aromatic rings. The third-order valence-electron chi connectivity index (χ3n) is 6.10. The highest BCUT2D eigenvalue weighted by Gasteiger charge is 2.32. The van der Waals surface area contributed by atoms with Crippen LogP contribution in [-0.2, 0) is 16.6 Å². The molecule has 2 aromatic carbocycles. The maximum Gasteiger partial charge on any atom is 0.337 e. The van der Waals surface area contributed by atoms with Crippen molar-refractivity contribution in [2.45, 2.75) is 46.3 Å². The SMILES string of the molecule is Cc1cc2nc(-c3ccc4c(n3)c(C)nn4C)sc2c(-c2ccc(Cl)cc2)c1C(OC(C)(C)C)C(=O)O. The smallest absolute Gasteiger partial charge is 0.337 e. The van der Waals surface area contributed by atoms with Crippen LogP contribution in [0.25, 0.3) is 43.1 Å². The number of rotatable bonds is 5. The fraction of sp³-hybridized carbons (Fsp3) is 0.286. The Kier molecular flexibility index (Phi) is 6.30. The zero-order valence-corrected chi connectivity index (χ0v) is 23.0. The minimum absolute atomic E-state index is 0.601. The second-order valence-electron chi connectivity index (χ2n) is 10.1. The van der Waals surface area contributed by atoms with Crippen molar-refractivity contribution in [2.75, 3.05) is 0 Å². The molecule has 9 heteroatoms. The number of ether oxygens (including phenoxy) is 1. The number of pyridine rings is 1. The number of halogens is 1. The maximum atomic E-state index is 12.5. The number of aromatic nitrogens is 4. The van der Waals surface area contributed by atoms with Crippen LogP contribution in [0.3, 0.4) is 0 Å². The molecular weight excluding hydrogens is 508 g/mol. The molecule has 5 rings (SSSR count). The van der Waals surface area contributed by atoms with Crippen LogP contribution in [0.1, 0.15) is 43.7 Å². The molecule has 0 spiro atoms. The Morgan fingerprint density at radius 2 is 1.81 bits per heavy atom. The first-order valence-electron chi connectivity index (χ1n) is 11.8. The van der Waals surface area contributed by atoms with Gasteiger partial charge in [0.1, 0.15) is 10.5 Å². The molecule has 1 atom stereocenters. The number of fused-ring (bicyclic) bond motifs is 2. The Labute approximate surface area is 223 Å². The van der Waals surface area contributed by atoms with E-state index >= 15 is 0 Å². The van der Waals surface area contributed by atoms with E-state index in [0.29, 0.717) is 10.6 Å². The summed E-state index contributed by atoms with van der Waals surface area (Å²) in [7, 11) is 1.90. The third kappa shape index (κ3) is 4.72. The Hall–Kier alpha value is -3.33. The van der Waals surface area contributed by atoms with Gasteiger partial charge in [-0.2, -0.15) is 5.10 Å². The number of nitrogens with zero attached hydrogens (tertiary/aromatic N) is 4. The molecule has 0 aliphatic carbocycles. The summed E-state index contributed by atoms with van der Waals surface area (Å²) in [6, 6.07) is 13.3. The lowest BCUT2D eigenvalue weighted by atomic mass is 9.91.